The third kappa shape index (κ3) is 5.47. The van der Waals surface area contributed by atoms with Crippen LogP contribution in [0.3, 0.4) is 0 Å². The van der Waals surface area contributed by atoms with Crippen molar-refractivity contribution in [3.63, 3.8) is 0 Å². The number of rotatable bonds is 5. The maximum absolute atomic E-state index is 5.43. The van der Waals surface area contributed by atoms with Crippen LogP contribution in [-0.4, -0.2) is 10.7 Å². The molecule has 0 saturated carbocycles. The van der Waals surface area contributed by atoms with E-state index in [9.17, 15) is 0 Å². The molecule has 1 heterocycles. The Labute approximate surface area is 117 Å². The first-order chi connectivity index (χ1) is 6.77. The van der Waals surface area contributed by atoms with Crippen LogP contribution in [-0.2, 0) is 0 Å². The van der Waals surface area contributed by atoms with E-state index < -0.39 is 0 Å². The minimum Gasteiger partial charge on any atom is -0.337 e. The summed E-state index contributed by atoms with van der Waals surface area (Å²) < 4.78 is 1.25. The molecule has 0 unspecified atom stereocenters. The van der Waals surface area contributed by atoms with Crippen LogP contribution in [0.4, 0.5) is 0 Å². The Kier molecular flexibility index (Phi) is 9.08. The monoisotopic (exact) mass is 253 g/mol. The summed E-state index contributed by atoms with van der Waals surface area (Å²) in [6.45, 7) is 4.21. The molecular weight excluding hydrogens is 241 g/mol. The molecule has 0 radical (unpaired) electrons. The molecule has 78 valence electrons. The fourth-order valence-corrected chi connectivity index (χ4v) is 3.42. The van der Waals surface area contributed by atoms with Crippen molar-refractivity contribution in [2.24, 2.45) is 0 Å². The van der Waals surface area contributed by atoms with Crippen molar-refractivity contribution in [3.05, 3.63) is 16.2 Å². The first-order valence-electron chi connectivity index (χ1n) is 4.57. The first kappa shape index (κ1) is 15.6. The van der Waals surface area contributed by atoms with Crippen LogP contribution in [0, 0.1) is 12.5 Å². The standard InChI is InChI=1S/C10H13ClNS2.Li/c1-3-4-7-13-10-9(5-6-11)12-8(2)14-10;/h5H,3-4,7H2,1-2H3;/q-1;+1. The van der Waals surface area contributed by atoms with Crippen molar-refractivity contribution in [3.8, 4) is 0 Å². The van der Waals surface area contributed by atoms with E-state index in [1.54, 1.807) is 17.4 Å². The average molecular weight is 254 g/mol. The predicted octanol–water partition coefficient (Wildman–Crippen LogP) is 1.36. The number of hydrogen-bond acceptors (Lipinski definition) is 3. The van der Waals surface area contributed by atoms with Gasteiger partial charge in [-0.3, -0.25) is 0 Å². The molecule has 1 aromatic rings. The Bertz CT molecular complexity index is 312. The molecule has 0 fully saturated rings. The molecule has 0 aliphatic carbocycles. The molecule has 5 heteroatoms. The van der Waals surface area contributed by atoms with Crippen LogP contribution < -0.4 is 18.9 Å². The van der Waals surface area contributed by atoms with Gasteiger partial charge >= 0.3 is 18.9 Å². The van der Waals surface area contributed by atoms with Crippen molar-refractivity contribution in [1.82, 2.24) is 4.98 Å². The molecule has 1 rings (SSSR count). The van der Waals surface area contributed by atoms with Gasteiger partial charge in [-0.2, -0.15) is 11.6 Å². The van der Waals surface area contributed by atoms with Crippen LogP contribution in [0.2, 0.25) is 0 Å². The van der Waals surface area contributed by atoms with Gasteiger partial charge < -0.3 is 4.98 Å². The Morgan fingerprint density at radius 1 is 1.60 bits per heavy atom. The van der Waals surface area contributed by atoms with Gasteiger partial charge in [0, 0.05) is 4.21 Å². The summed E-state index contributed by atoms with van der Waals surface area (Å²) in [6, 6.07) is 0. The SMILES string of the molecule is CCCCSc1sc(C)nc1C=[C-]Cl.[Li+]. The van der Waals surface area contributed by atoms with Gasteiger partial charge in [-0.15, -0.1) is 23.1 Å². The second-order valence-electron chi connectivity index (χ2n) is 2.86. The average Bonchev–Trinajstić information content (AvgIpc) is 2.48. The van der Waals surface area contributed by atoms with Crippen LogP contribution in [0.5, 0.6) is 0 Å². The second kappa shape index (κ2) is 8.72. The minimum atomic E-state index is 0. The summed E-state index contributed by atoms with van der Waals surface area (Å²) in [6.07, 6.45) is 4.21. The maximum Gasteiger partial charge on any atom is 1.00 e. The zero-order chi connectivity index (χ0) is 10.4. The van der Waals surface area contributed by atoms with Crippen molar-refractivity contribution in [2.45, 2.75) is 30.9 Å². The van der Waals surface area contributed by atoms with E-state index >= 15 is 0 Å². The molecule has 0 spiro atoms. The largest absolute Gasteiger partial charge is 1.00 e. The van der Waals surface area contributed by atoms with Crippen LogP contribution in [0.15, 0.2) is 4.21 Å². The molecule has 1 nitrogen and oxygen atoms in total. The Hall–Kier alpha value is 0.607. The molecule has 0 aliphatic heterocycles. The van der Waals surface area contributed by atoms with Crippen molar-refractivity contribution < 1.29 is 18.9 Å². The number of unbranched alkanes of at least 4 members (excludes halogenated alkanes) is 1. The van der Waals surface area contributed by atoms with E-state index in [4.69, 9.17) is 11.6 Å². The summed E-state index contributed by atoms with van der Waals surface area (Å²) in [7, 11) is 0. The van der Waals surface area contributed by atoms with E-state index in [1.165, 1.54) is 17.1 Å². The summed E-state index contributed by atoms with van der Waals surface area (Å²) in [5.74, 6) is 1.15. The van der Waals surface area contributed by atoms with Gasteiger partial charge in [-0.05, 0) is 19.1 Å². The number of halogens is 1. The van der Waals surface area contributed by atoms with Gasteiger partial charge in [-0.1, -0.05) is 19.0 Å². The van der Waals surface area contributed by atoms with E-state index in [0.717, 1.165) is 16.5 Å². The Balaban J connectivity index is 0.00000196. The quantitative estimate of drug-likeness (QED) is 0.340. The molecule has 15 heavy (non-hydrogen) atoms. The number of hydrogen-bond donors (Lipinski definition) is 0. The van der Waals surface area contributed by atoms with Crippen LogP contribution in [0.25, 0.3) is 6.08 Å². The molecule has 0 aliphatic rings. The van der Waals surface area contributed by atoms with Gasteiger partial charge in [0.2, 0.25) is 0 Å². The van der Waals surface area contributed by atoms with Gasteiger partial charge in [0.15, 0.2) is 0 Å². The molecule has 0 bridgehead atoms. The van der Waals surface area contributed by atoms with Gasteiger partial charge in [0.05, 0.1) is 5.01 Å². The number of thioether (sulfide) groups is 1. The van der Waals surface area contributed by atoms with Crippen LogP contribution >= 0.6 is 34.7 Å². The molecule has 0 saturated heterocycles. The van der Waals surface area contributed by atoms with Crippen LogP contribution in [0.1, 0.15) is 30.5 Å². The van der Waals surface area contributed by atoms with E-state index in [2.05, 4.69) is 17.4 Å². The predicted molar refractivity (Wildman–Crippen MR) is 66.0 cm³/mol. The normalized spacial score (nSPS) is 10.6. The molecule has 0 N–H and O–H groups in total. The van der Waals surface area contributed by atoms with E-state index in [0.29, 0.717) is 0 Å². The smallest absolute Gasteiger partial charge is 0.337 e. The van der Waals surface area contributed by atoms with Crippen molar-refractivity contribution >= 4 is 40.8 Å². The molecule has 1 aromatic heterocycles. The number of aryl methyl sites for hydroxylation is 1. The summed E-state index contributed by atoms with van der Waals surface area (Å²) in [5, 5.41) is 1.09. The minimum absolute atomic E-state index is 0. The molecular formula is C10H13ClLiNS2. The first-order valence-corrected chi connectivity index (χ1v) is 6.75. The van der Waals surface area contributed by atoms with Crippen molar-refractivity contribution in [1.29, 1.82) is 0 Å². The molecule has 0 amide bonds. The number of thiazole rings is 1. The Morgan fingerprint density at radius 2 is 2.33 bits per heavy atom. The van der Waals surface area contributed by atoms with Gasteiger partial charge in [0.1, 0.15) is 0 Å². The molecule has 0 aromatic carbocycles. The fraction of sp³-hybridized carbons (Fsp3) is 0.500. The van der Waals surface area contributed by atoms with Gasteiger partial charge in [-0.25, -0.2) is 11.6 Å². The summed E-state index contributed by atoms with van der Waals surface area (Å²) in [5.41, 5.74) is 3.47. The number of nitrogens with zero attached hydrogens (tertiary/aromatic N) is 1. The zero-order valence-electron chi connectivity index (χ0n) is 9.34. The Morgan fingerprint density at radius 3 is 2.93 bits per heavy atom. The van der Waals surface area contributed by atoms with E-state index in [1.807, 2.05) is 18.7 Å². The topological polar surface area (TPSA) is 12.9 Å². The maximum atomic E-state index is 5.43. The molecule has 0 atom stereocenters. The van der Waals surface area contributed by atoms with E-state index in [-0.39, 0.29) is 18.9 Å². The third-order valence-corrected chi connectivity index (χ3v) is 4.11. The second-order valence-corrected chi connectivity index (χ2v) is 5.65. The summed E-state index contributed by atoms with van der Waals surface area (Å²) >= 11 is 9.01. The fourth-order valence-electron chi connectivity index (χ4n) is 0.980. The summed E-state index contributed by atoms with van der Waals surface area (Å²) in [4.78, 5) is 4.37. The van der Waals surface area contributed by atoms with Crippen molar-refractivity contribution in [2.75, 3.05) is 5.75 Å². The zero-order valence-corrected chi connectivity index (χ0v) is 11.7. The number of aromatic nitrogens is 1. The third-order valence-electron chi connectivity index (χ3n) is 1.65. The van der Waals surface area contributed by atoms with Gasteiger partial charge in [0.25, 0.3) is 0 Å².